The SMILES string of the molecule is O=S(=O)(NCCSCc1ccccc1)c1ccccc1. The number of hydrogen-bond acceptors (Lipinski definition) is 3. The van der Waals surface area contributed by atoms with E-state index in [2.05, 4.69) is 16.9 Å². The van der Waals surface area contributed by atoms with Crippen LogP contribution < -0.4 is 4.72 Å². The molecule has 5 heteroatoms. The highest BCUT2D eigenvalue weighted by atomic mass is 32.2. The summed E-state index contributed by atoms with van der Waals surface area (Å²) in [7, 11) is -3.37. The van der Waals surface area contributed by atoms with Crippen LogP contribution in [0.1, 0.15) is 5.56 Å². The summed E-state index contributed by atoms with van der Waals surface area (Å²) in [5.74, 6) is 1.65. The van der Waals surface area contributed by atoms with Crippen molar-refractivity contribution in [2.75, 3.05) is 12.3 Å². The van der Waals surface area contributed by atoms with Gasteiger partial charge in [-0.05, 0) is 17.7 Å². The third-order valence-corrected chi connectivity index (χ3v) is 5.21. The highest BCUT2D eigenvalue weighted by Crippen LogP contribution is 2.11. The van der Waals surface area contributed by atoms with E-state index in [1.807, 2.05) is 18.2 Å². The van der Waals surface area contributed by atoms with Gasteiger partial charge in [-0.15, -0.1) is 0 Å². The molecule has 0 aromatic heterocycles. The van der Waals surface area contributed by atoms with Gasteiger partial charge in [0.25, 0.3) is 0 Å². The highest BCUT2D eigenvalue weighted by molar-refractivity contribution is 7.98. The van der Waals surface area contributed by atoms with E-state index in [4.69, 9.17) is 0 Å². The predicted octanol–water partition coefficient (Wildman–Crippen LogP) is 2.90. The van der Waals surface area contributed by atoms with Crippen molar-refractivity contribution in [2.45, 2.75) is 10.6 Å². The van der Waals surface area contributed by atoms with Gasteiger partial charge in [0.15, 0.2) is 0 Å². The highest BCUT2D eigenvalue weighted by Gasteiger charge is 2.11. The lowest BCUT2D eigenvalue weighted by molar-refractivity contribution is 0.584. The summed E-state index contributed by atoms with van der Waals surface area (Å²) >= 11 is 1.72. The van der Waals surface area contributed by atoms with E-state index in [1.54, 1.807) is 42.1 Å². The Balaban J connectivity index is 1.74. The van der Waals surface area contributed by atoms with Crippen LogP contribution in [0.25, 0.3) is 0 Å². The Kier molecular flexibility index (Phi) is 5.64. The molecule has 0 saturated carbocycles. The minimum absolute atomic E-state index is 0.313. The average Bonchev–Trinajstić information content (AvgIpc) is 2.49. The smallest absolute Gasteiger partial charge is 0.210 e. The zero-order valence-corrected chi connectivity index (χ0v) is 12.7. The number of thioether (sulfide) groups is 1. The maximum absolute atomic E-state index is 11.9. The Morgan fingerprint density at radius 3 is 2.15 bits per heavy atom. The molecule has 0 atom stereocenters. The summed E-state index contributed by atoms with van der Waals surface area (Å²) in [6.07, 6.45) is 0. The Hall–Kier alpha value is -1.30. The van der Waals surface area contributed by atoms with Gasteiger partial charge in [-0.3, -0.25) is 0 Å². The third-order valence-electron chi connectivity index (χ3n) is 2.70. The lowest BCUT2D eigenvalue weighted by Gasteiger charge is -2.06. The zero-order chi connectivity index (χ0) is 14.3. The summed E-state index contributed by atoms with van der Waals surface area (Å²) in [5.41, 5.74) is 1.25. The molecule has 0 aliphatic heterocycles. The quantitative estimate of drug-likeness (QED) is 0.800. The number of benzene rings is 2. The topological polar surface area (TPSA) is 46.2 Å². The summed E-state index contributed by atoms with van der Waals surface area (Å²) in [6.45, 7) is 0.439. The van der Waals surface area contributed by atoms with Crippen LogP contribution in [0.15, 0.2) is 65.6 Å². The van der Waals surface area contributed by atoms with Crippen LogP contribution in [0, 0.1) is 0 Å². The van der Waals surface area contributed by atoms with Gasteiger partial charge in [-0.2, -0.15) is 11.8 Å². The third kappa shape index (κ3) is 4.67. The minimum Gasteiger partial charge on any atom is -0.210 e. The van der Waals surface area contributed by atoms with E-state index in [9.17, 15) is 8.42 Å². The Morgan fingerprint density at radius 2 is 1.50 bits per heavy atom. The Morgan fingerprint density at radius 1 is 0.900 bits per heavy atom. The fourth-order valence-electron chi connectivity index (χ4n) is 1.70. The van der Waals surface area contributed by atoms with Crippen molar-refractivity contribution in [1.82, 2.24) is 4.72 Å². The van der Waals surface area contributed by atoms with Gasteiger partial charge in [-0.25, -0.2) is 13.1 Å². The molecule has 0 amide bonds. The molecule has 0 aliphatic carbocycles. The first-order chi connectivity index (χ1) is 9.68. The van der Waals surface area contributed by atoms with Gasteiger partial charge in [-0.1, -0.05) is 48.5 Å². The molecule has 0 spiro atoms. The first kappa shape index (κ1) is 15.1. The van der Waals surface area contributed by atoms with Gasteiger partial charge in [0.2, 0.25) is 10.0 Å². The van der Waals surface area contributed by atoms with Gasteiger partial charge in [0.05, 0.1) is 4.90 Å². The second kappa shape index (κ2) is 7.47. The first-order valence-corrected chi connectivity index (χ1v) is 8.99. The van der Waals surface area contributed by atoms with Crippen LogP contribution in [-0.4, -0.2) is 20.7 Å². The number of nitrogens with one attached hydrogen (secondary N) is 1. The molecule has 0 bridgehead atoms. The molecule has 1 N–H and O–H groups in total. The molecular formula is C15H17NO2S2. The van der Waals surface area contributed by atoms with Crippen molar-refractivity contribution in [3.8, 4) is 0 Å². The Bertz CT molecular complexity index is 613. The molecular weight excluding hydrogens is 290 g/mol. The van der Waals surface area contributed by atoms with E-state index in [0.717, 1.165) is 11.5 Å². The second-order valence-electron chi connectivity index (χ2n) is 4.25. The fraction of sp³-hybridized carbons (Fsp3) is 0.200. The zero-order valence-electron chi connectivity index (χ0n) is 11.0. The lowest BCUT2D eigenvalue weighted by atomic mass is 10.2. The van der Waals surface area contributed by atoms with E-state index in [0.29, 0.717) is 11.4 Å². The van der Waals surface area contributed by atoms with Crippen molar-refractivity contribution < 1.29 is 8.42 Å². The second-order valence-corrected chi connectivity index (χ2v) is 7.12. The van der Waals surface area contributed by atoms with Crippen molar-refractivity contribution in [2.24, 2.45) is 0 Å². The standard InChI is InChI=1S/C15H17NO2S2/c17-20(18,15-9-5-2-6-10-15)16-11-12-19-13-14-7-3-1-4-8-14/h1-10,16H,11-13H2. The maximum Gasteiger partial charge on any atom is 0.240 e. The van der Waals surface area contributed by atoms with Crippen LogP contribution in [0.5, 0.6) is 0 Å². The molecule has 0 radical (unpaired) electrons. The number of sulfonamides is 1. The van der Waals surface area contributed by atoms with E-state index < -0.39 is 10.0 Å². The van der Waals surface area contributed by atoms with Crippen molar-refractivity contribution in [3.63, 3.8) is 0 Å². The monoisotopic (exact) mass is 307 g/mol. The van der Waals surface area contributed by atoms with Gasteiger partial charge in [0, 0.05) is 18.1 Å². The number of rotatable bonds is 7. The summed E-state index contributed by atoms with van der Waals surface area (Å²) in [4.78, 5) is 0.313. The van der Waals surface area contributed by atoms with Gasteiger partial charge >= 0.3 is 0 Å². The first-order valence-electron chi connectivity index (χ1n) is 6.35. The molecule has 2 aromatic rings. The summed E-state index contributed by atoms with van der Waals surface area (Å²) < 4.78 is 26.5. The lowest BCUT2D eigenvalue weighted by Crippen LogP contribution is -2.26. The minimum atomic E-state index is -3.37. The molecule has 0 heterocycles. The molecule has 106 valence electrons. The predicted molar refractivity (Wildman–Crippen MR) is 84.2 cm³/mol. The van der Waals surface area contributed by atoms with E-state index in [-0.39, 0.29) is 0 Å². The van der Waals surface area contributed by atoms with Crippen LogP contribution >= 0.6 is 11.8 Å². The molecule has 0 fully saturated rings. The molecule has 2 rings (SSSR count). The van der Waals surface area contributed by atoms with E-state index >= 15 is 0 Å². The van der Waals surface area contributed by atoms with Crippen LogP contribution in [-0.2, 0) is 15.8 Å². The fourth-order valence-corrected chi connectivity index (χ4v) is 3.70. The summed E-state index contributed by atoms with van der Waals surface area (Å²) in [6, 6.07) is 18.6. The van der Waals surface area contributed by atoms with Crippen molar-refractivity contribution >= 4 is 21.8 Å². The van der Waals surface area contributed by atoms with Crippen molar-refractivity contribution in [1.29, 1.82) is 0 Å². The van der Waals surface area contributed by atoms with Gasteiger partial charge < -0.3 is 0 Å². The number of hydrogen-bond donors (Lipinski definition) is 1. The normalized spacial score (nSPS) is 11.4. The maximum atomic E-state index is 11.9. The molecule has 0 aliphatic rings. The van der Waals surface area contributed by atoms with Crippen LogP contribution in [0.2, 0.25) is 0 Å². The molecule has 3 nitrogen and oxygen atoms in total. The van der Waals surface area contributed by atoms with E-state index in [1.165, 1.54) is 5.56 Å². The largest absolute Gasteiger partial charge is 0.240 e. The molecule has 0 unspecified atom stereocenters. The van der Waals surface area contributed by atoms with Gasteiger partial charge in [0.1, 0.15) is 0 Å². The summed E-state index contributed by atoms with van der Waals surface area (Å²) in [5, 5.41) is 0. The molecule has 20 heavy (non-hydrogen) atoms. The Labute approximate surface area is 124 Å². The molecule has 0 saturated heterocycles. The molecule has 2 aromatic carbocycles. The van der Waals surface area contributed by atoms with Crippen LogP contribution in [0.4, 0.5) is 0 Å². The average molecular weight is 307 g/mol. The van der Waals surface area contributed by atoms with Crippen molar-refractivity contribution in [3.05, 3.63) is 66.2 Å². The van der Waals surface area contributed by atoms with Crippen LogP contribution in [0.3, 0.4) is 0 Å².